The third kappa shape index (κ3) is 4.58. The Morgan fingerprint density at radius 1 is 1.26 bits per heavy atom. The van der Waals surface area contributed by atoms with E-state index in [1.54, 1.807) is 18.2 Å². The molecule has 27 heavy (non-hydrogen) atoms. The summed E-state index contributed by atoms with van der Waals surface area (Å²) in [5.41, 5.74) is 2.67. The van der Waals surface area contributed by atoms with Gasteiger partial charge in [0, 0.05) is 39.5 Å². The standard InChI is InChI=1S/C19H25N5O3/c1-23(2)19-14-7-9-24(17(25)13-27-11-10-26-3)12-16(14)21-18(22-19)15-6-4-5-8-20-15/h4-6,8H,7,9-13H2,1-3H3. The fourth-order valence-electron chi connectivity index (χ4n) is 3.00. The number of pyridine rings is 1. The van der Waals surface area contributed by atoms with Crippen molar-refractivity contribution in [2.45, 2.75) is 13.0 Å². The zero-order valence-electron chi connectivity index (χ0n) is 16.0. The molecule has 0 spiro atoms. The van der Waals surface area contributed by atoms with Crippen molar-refractivity contribution in [1.29, 1.82) is 0 Å². The van der Waals surface area contributed by atoms with Gasteiger partial charge in [0.25, 0.3) is 0 Å². The number of methoxy groups -OCH3 is 1. The summed E-state index contributed by atoms with van der Waals surface area (Å²) in [4.78, 5) is 30.0. The van der Waals surface area contributed by atoms with E-state index in [0.29, 0.717) is 32.1 Å². The molecule has 0 radical (unpaired) electrons. The van der Waals surface area contributed by atoms with Crippen molar-refractivity contribution in [3.63, 3.8) is 0 Å². The Morgan fingerprint density at radius 3 is 2.81 bits per heavy atom. The van der Waals surface area contributed by atoms with Crippen molar-refractivity contribution >= 4 is 11.7 Å². The first kappa shape index (κ1) is 19.2. The van der Waals surface area contributed by atoms with Crippen molar-refractivity contribution < 1.29 is 14.3 Å². The largest absolute Gasteiger partial charge is 0.382 e. The average molecular weight is 371 g/mol. The number of amides is 1. The molecule has 1 aliphatic heterocycles. The number of carbonyl (C=O) groups is 1. The van der Waals surface area contributed by atoms with E-state index in [1.165, 1.54) is 0 Å². The van der Waals surface area contributed by atoms with Crippen LogP contribution in [0.3, 0.4) is 0 Å². The van der Waals surface area contributed by atoms with Crippen LogP contribution in [0.4, 0.5) is 5.82 Å². The molecule has 3 heterocycles. The molecular weight excluding hydrogens is 346 g/mol. The quantitative estimate of drug-likeness (QED) is 0.676. The molecular formula is C19H25N5O3. The predicted molar refractivity (Wildman–Crippen MR) is 101 cm³/mol. The van der Waals surface area contributed by atoms with Crippen LogP contribution >= 0.6 is 0 Å². The van der Waals surface area contributed by atoms with Crippen LogP contribution in [-0.2, 0) is 27.2 Å². The van der Waals surface area contributed by atoms with Gasteiger partial charge >= 0.3 is 0 Å². The van der Waals surface area contributed by atoms with E-state index < -0.39 is 0 Å². The molecule has 0 unspecified atom stereocenters. The van der Waals surface area contributed by atoms with Gasteiger partial charge < -0.3 is 19.3 Å². The molecule has 0 bridgehead atoms. The summed E-state index contributed by atoms with van der Waals surface area (Å²) < 4.78 is 10.3. The highest BCUT2D eigenvalue weighted by atomic mass is 16.5. The summed E-state index contributed by atoms with van der Waals surface area (Å²) >= 11 is 0. The highest BCUT2D eigenvalue weighted by Gasteiger charge is 2.26. The second-order valence-corrected chi connectivity index (χ2v) is 6.52. The highest BCUT2D eigenvalue weighted by molar-refractivity contribution is 5.78. The second-order valence-electron chi connectivity index (χ2n) is 6.52. The first-order valence-corrected chi connectivity index (χ1v) is 8.93. The molecule has 1 aliphatic rings. The number of ether oxygens (including phenoxy) is 2. The van der Waals surface area contributed by atoms with Crippen LogP contribution < -0.4 is 4.90 Å². The van der Waals surface area contributed by atoms with E-state index in [1.807, 2.05) is 37.2 Å². The number of nitrogens with zero attached hydrogens (tertiary/aromatic N) is 5. The van der Waals surface area contributed by atoms with E-state index in [9.17, 15) is 4.79 Å². The minimum atomic E-state index is -0.0406. The monoisotopic (exact) mass is 371 g/mol. The number of fused-ring (bicyclic) bond motifs is 1. The number of aromatic nitrogens is 3. The van der Waals surface area contributed by atoms with E-state index in [0.717, 1.165) is 29.2 Å². The van der Waals surface area contributed by atoms with Crippen LogP contribution in [0.25, 0.3) is 11.5 Å². The Kier molecular flexibility index (Phi) is 6.31. The van der Waals surface area contributed by atoms with Gasteiger partial charge in [-0.25, -0.2) is 9.97 Å². The second kappa shape index (κ2) is 8.88. The predicted octanol–water partition coefficient (Wildman–Crippen LogP) is 1.15. The zero-order chi connectivity index (χ0) is 19.2. The lowest BCUT2D eigenvalue weighted by molar-refractivity contribution is -0.137. The molecule has 1 amide bonds. The van der Waals surface area contributed by atoms with Gasteiger partial charge in [0.1, 0.15) is 18.1 Å². The smallest absolute Gasteiger partial charge is 0.248 e. The maximum absolute atomic E-state index is 12.4. The van der Waals surface area contributed by atoms with Gasteiger partial charge in [-0.05, 0) is 18.6 Å². The summed E-state index contributed by atoms with van der Waals surface area (Å²) in [6, 6.07) is 5.66. The van der Waals surface area contributed by atoms with Gasteiger partial charge in [0.2, 0.25) is 5.91 Å². The Labute approximate surface area is 159 Å². The molecule has 0 saturated carbocycles. The lowest BCUT2D eigenvalue weighted by atomic mass is 10.0. The van der Waals surface area contributed by atoms with Gasteiger partial charge in [-0.3, -0.25) is 9.78 Å². The summed E-state index contributed by atoms with van der Waals surface area (Å²) in [5, 5.41) is 0. The number of anilines is 1. The Bertz CT molecular complexity index is 782. The van der Waals surface area contributed by atoms with E-state index in [4.69, 9.17) is 19.4 Å². The molecule has 0 aromatic carbocycles. The summed E-state index contributed by atoms with van der Waals surface area (Å²) in [5.74, 6) is 1.41. The fraction of sp³-hybridized carbons (Fsp3) is 0.474. The Hall–Kier alpha value is -2.58. The minimum Gasteiger partial charge on any atom is -0.382 e. The topological polar surface area (TPSA) is 80.7 Å². The normalized spacial score (nSPS) is 13.4. The first-order chi connectivity index (χ1) is 13.1. The SMILES string of the molecule is COCCOCC(=O)N1CCc2c(nc(-c3ccccn3)nc2N(C)C)C1. The lowest BCUT2D eigenvalue weighted by Crippen LogP contribution is -2.39. The molecule has 8 heteroatoms. The van der Waals surface area contributed by atoms with E-state index in [-0.39, 0.29) is 12.5 Å². The number of hydrogen-bond donors (Lipinski definition) is 0. The number of carbonyl (C=O) groups excluding carboxylic acids is 1. The number of rotatable bonds is 7. The third-order valence-electron chi connectivity index (χ3n) is 4.37. The van der Waals surface area contributed by atoms with Crippen molar-refractivity contribution in [2.24, 2.45) is 0 Å². The zero-order valence-corrected chi connectivity index (χ0v) is 16.0. The van der Waals surface area contributed by atoms with Gasteiger partial charge in [0.05, 0.1) is 25.5 Å². The molecule has 0 aliphatic carbocycles. The van der Waals surface area contributed by atoms with Crippen molar-refractivity contribution in [3.05, 3.63) is 35.7 Å². The molecule has 0 fully saturated rings. The van der Waals surface area contributed by atoms with Gasteiger partial charge in [-0.2, -0.15) is 0 Å². The van der Waals surface area contributed by atoms with Crippen LogP contribution in [-0.4, -0.2) is 73.3 Å². The number of hydrogen-bond acceptors (Lipinski definition) is 7. The molecule has 144 valence electrons. The lowest BCUT2D eigenvalue weighted by Gasteiger charge is -2.30. The molecule has 0 atom stereocenters. The molecule has 8 nitrogen and oxygen atoms in total. The van der Waals surface area contributed by atoms with Crippen LogP contribution in [0.15, 0.2) is 24.4 Å². The van der Waals surface area contributed by atoms with Gasteiger partial charge in [-0.1, -0.05) is 6.07 Å². The molecule has 0 saturated heterocycles. The maximum atomic E-state index is 12.4. The van der Waals surface area contributed by atoms with E-state index >= 15 is 0 Å². The van der Waals surface area contributed by atoms with Crippen molar-refractivity contribution in [2.75, 3.05) is 52.5 Å². The fourth-order valence-corrected chi connectivity index (χ4v) is 3.00. The van der Waals surface area contributed by atoms with Crippen LogP contribution in [0.5, 0.6) is 0 Å². The highest BCUT2D eigenvalue weighted by Crippen LogP contribution is 2.28. The summed E-state index contributed by atoms with van der Waals surface area (Å²) in [7, 11) is 5.53. The van der Waals surface area contributed by atoms with Gasteiger partial charge in [0.15, 0.2) is 5.82 Å². The van der Waals surface area contributed by atoms with Crippen LogP contribution in [0, 0.1) is 0 Å². The first-order valence-electron chi connectivity index (χ1n) is 8.93. The van der Waals surface area contributed by atoms with Gasteiger partial charge in [-0.15, -0.1) is 0 Å². The minimum absolute atomic E-state index is 0.0406. The van der Waals surface area contributed by atoms with Crippen molar-refractivity contribution in [1.82, 2.24) is 19.9 Å². The third-order valence-corrected chi connectivity index (χ3v) is 4.37. The van der Waals surface area contributed by atoms with Crippen LogP contribution in [0.1, 0.15) is 11.3 Å². The van der Waals surface area contributed by atoms with E-state index in [2.05, 4.69) is 4.98 Å². The Morgan fingerprint density at radius 2 is 2.11 bits per heavy atom. The molecule has 3 rings (SSSR count). The average Bonchev–Trinajstić information content (AvgIpc) is 2.70. The summed E-state index contributed by atoms with van der Waals surface area (Å²) in [6.07, 6.45) is 2.44. The van der Waals surface area contributed by atoms with Crippen molar-refractivity contribution in [3.8, 4) is 11.5 Å². The van der Waals surface area contributed by atoms with Crippen LogP contribution in [0.2, 0.25) is 0 Å². The molecule has 0 N–H and O–H groups in total. The maximum Gasteiger partial charge on any atom is 0.248 e. The molecule has 2 aromatic rings. The molecule has 2 aromatic heterocycles. The summed E-state index contributed by atoms with van der Waals surface area (Å²) in [6.45, 7) is 2.02. The Balaban J connectivity index is 1.82.